The Labute approximate surface area is 130 Å². The summed E-state index contributed by atoms with van der Waals surface area (Å²) in [6.45, 7) is 7.78. The molecule has 2 nitrogen and oxygen atoms in total. The van der Waals surface area contributed by atoms with E-state index < -0.39 is 0 Å². The first-order valence-corrected chi connectivity index (χ1v) is 8.54. The average molecular weight is 289 g/mol. The monoisotopic (exact) mass is 289 g/mol. The van der Waals surface area contributed by atoms with Crippen molar-refractivity contribution >= 4 is 0 Å². The van der Waals surface area contributed by atoms with E-state index in [9.17, 15) is 0 Å². The van der Waals surface area contributed by atoms with Gasteiger partial charge in [0.05, 0.1) is 7.11 Å². The molecule has 118 valence electrons. The van der Waals surface area contributed by atoms with Crippen LogP contribution in [0, 0.1) is 13.8 Å². The zero-order valence-electron chi connectivity index (χ0n) is 14.2. The first-order chi connectivity index (χ1) is 10.2. The van der Waals surface area contributed by atoms with Crippen molar-refractivity contribution in [3.63, 3.8) is 0 Å². The molecule has 0 spiro atoms. The highest BCUT2D eigenvalue weighted by molar-refractivity contribution is 5.45. The highest BCUT2D eigenvalue weighted by Gasteiger charge is 2.25. The maximum absolute atomic E-state index is 5.70. The molecule has 0 heterocycles. The number of hydrogen-bond donors (Lipinski definition) is 1. The van der Waals surface area contributed by atoms with Crippen molar-refractivity contribution < 1.29 is 4.74 Å². The summed E-state index contributed by atoms with van der Waals surface area (Å²) in [7, 11) is 1.81. The van der Waals surface area contributed by atoms with Crippen molar-refractivity contribution in [3.05, 3.63) is 28.8 Å². The molecule has 1 N–H and O–H groups in total. The summed E-state index contributed by atoms with van der Waals surface area (Å²) in [5, 5.41) is 3.74. The van der Waals surface area contributed by atoms with Crippen molar-refractivity contribution in [2.24, 2.45) is 0 Å². The molecule has 0 bridgehead atoms. The molecule has 2 heteroatoms. The van der Waals surface area contributed by atoms with Gasteiger partial charge in [0.2, 0.25) is 0 Å². The summed E-state index contributed by atoms with van der Waals surface area (Å²) in [4.78, 5) is 0. The Bertz CT molecular complexity index is 455. The number of aryl methyl sites for hydroxylation is 2. The fourth-order valence-corrected chi connectivity index (χ4v) is 3.79. The molecule has 2 rings (SSSR count). The van der Waals surface area contributed by atoms with Crippen LogP contribution in [0.15, 0.2) is 12.1 Å². The molecule has 0 aromatic heterocycles. The summed E-state index contributed by atoms with van der Waals surface area (Å²) < 4.78 is 5.70. The van der Waals surface area contributed by atoms with Gasteiger partial charge in [-0.2, -0.15) is 0 Å². The minimum atomic E-state index is 0.636. The molecule has 0 amide bonds. The maximum atomic E-state index is 5.70. The predicted molar refractivity (Wildman–Crippen MR) is 90.4 cm³/mol. The van der Waals surface area contributed by atoms with Gasteiger partial charge in [0, 0.05) is 11.6 Å². The van der Waals surface area contributed by atoms with E-state index in [0.717, 1.165) is 12.3 Å². The quantitative estimate of drug-likeness (QED) is 0.791. The fraction of sp³-hybridized carbons (Fsp3) is 0.684. The molecule has 1 aromatic carbocycles. The molecular weight excluding hydrogens is 258 g/mol. The van der Waals surface area contributed by atoms with E-state index >= 15 is 0 Å². The van der Waals surface area contributed by atoms with Crippen LogP contribution in [0.4, 0.5) is 0 Å². The van der Waals surface area contributed by atoms with E-state index in [1.807, 2.05) is 0 Å². The Morgan fingerprint density at radius 3 is 2.67 bits per heavy atom. The van der Waals surface area contributed by atoms with Crippen LogP contribution in [0.25, 0.3) is 0 Å². The largest absolute Gasteiger partial charge is 0.496 e. The fourth-order valence-electron chi connectivity index (χ4n) is 3.79. The second-order valence-electron chi connectivity index (χ2n) is 6.57. The Hall–Kier alpha value is -1.02. The van der Waals surface area contributed by atoms with Crippen molar-refractivity contribution in [1.82, 2.24) is 5.32 Å². The lowest BCUT2D eigenvalue weighted by molar-refractivity contribution is 0.392. The van der Waals surface area contributed by atoms with Gasteiger partial charge in [0.25, 0.3) is 0 Å². The Morgan fingerprint density at radius 2 is 1.95 bits per heavy atom. The number of methoxy groups -OCH3 is 1. The van der Waals surface area contributed by atoms with Crippen molar-refractivity contribution in [3.8, 4) is 5.75 Å². The van der Waals surface area contributed by atoms with Crippen LogP contribution in [-0.4, -0.2) is 19.7 Å². The standard InChI is InChI=1S/C19H31NO/c1-5-10-20-17-9-7-6-8-16(13-17)19-15(3)11-14(2)12-18(19)21-4/h11-12,16-17,20H,5-10,13H2,1-4H3. The van der Waals surface area contributed by atoms with Crippen LogP contribution in [-0.2, 0) is 0 Å². The molecular formula is C19H31NO. The second-order valence-corrected chi connectivity index (χ2v) is 6.57. The van der Waals surface area contributed by atoms with E-state index in [-0.39, 0.29) is 0 Å². The van der Waals surface area contributed by atoms with Crippen LogP contribution in [0.5, 0.6) is 5.75 Å². The third kappa shape index (κ3) is 4.23. The summed E-state index contributed by atoms with van der Waals surface area (Å²) >= 11 is 0. The SMILES string of the molecule is CCCNC1CCCCC(c2c(C)cc(C)cc2OC)C1. The zero-order valence-corrected chi connectivity index (χ0v) is 14.2. The van der Waals surface area contributed by atoms with Crippen LogP contribution in [0.1, 0.15) is 68.1 Å². The van der Waals surface area contributed by atoms with Gasteiger partial charge < -0.3 is 10.1 Å². The summed E-state index contributed by atoms with van der Waals surface area (Å²) in [5.41, 5.74) is 4.14. The summed E-state index contributed by atoms with van der Waals surface area (Å²) in [5.74, 6) is 1.73. The van der Waals surface area contributed by atoms with Gasteiger partial charge in [-0.15, -0.1) is 0 Å². The summed E-state index contributed by atoms with van der Waals surface area (Å²) in [6, 6.07) is 5.17. The minimum absolute atomic E-state index is 0.636. The number of benzene rings is 1. The average Bonchev–Trinajstić information content (AvgIpc) is 2.69. The van der Waals surface area contributed by atoms with Crippen LogP contribution < -0.4 is 10.1 Å². The zero-order chi connectivity index (χ0) is 15.2. The topological polar surface area (TPSA) is 21.3 Å². The first kappa shape index (κ1) is 16.4. The van der Waals surface area contributed by atoms with Crippen LogP contribution >= 0.6 is 0 Å². The Morgan fingerprint density at radius 1 is 1.19 bits per heavy atom. The first-order valence-electron chi connectivity index (χ1n) is 8.54. The normalized spacial score (nSPS) is 22.9. The number of nitrogens with one attached hydrogen (secondary N) is 1. The van der Waals surface area contributed by atoms with Gasteiger partial charge in [-0.3, -0.25) is 0 Å². The molecule has 1 aromatic rings. The van der Waals surface area contributed by atoms with Gasteiger partial charge in [0.15, 0.2) is 0 Å². The van der Waals surface area contributed by atoms with Crippen molar-refractivity contribution in [2.45, 2.75) is 71.3 Å². The van der Waals surface area contributed by atoms with Gasteiger partial charge in [-0.1, -0.05) is 25.8 Å². The molecule has 0 aliphatic heterocycles. The lowest BCUT2D eigenvalue weighted by atomic mass is 9.86. The number of hydrogen-bond acceptors (Lipinski definition) is 2. The molecule has 0 saturated heterocycles. The molecule has 1 saturated carbocycles. The summed E-state index contributed by atoms with van der Waals surface area (Å²) in [6.07, 6.45) is 7.78. The highest BCUT2D eigenvalue weighted by Crippen LogP contribution is 2.39. The molecule has 21 heavy (non-hydrogen) atoms. The number of ether oxygens (including phenoxy) is 1. The van der Waals surface area contributed by atoms with Gasteiger partial charge in [-0.25, -0.2) is 0 Å². The Balaban J connectivity index is 2.22. The minimum Gasteiger partial charge on any atom is -0.496 e. The second kappa shape index (κ2) is 7.84. The van der Waals surface area contributed by atoms with Crippen LogP contribution in [0.3, 0.4) is 0 Å². The molecule has 1 aliphatic carbocycles. The van der Waals surface area contributed by atoms with E-state index in [2.05, 4.69) is 38.2 Å². The Kier molecular flexibility index (Phi) is 6.10. The van der Waals surface area contributed by atoms with Gasteiger partial charge in [-0.05, 0) is 69.2 Å². The highest BCUT2D eigenvalue weighted by atomic mass is 16.5. The smallest absolute Gasteiger partial charge is 0.122 e. The van der Waals surface area contributed by atoms with Crippen molar-refractivity contribution in [1.29, 1.82) is 0 Å². The lowest BCUT2D eigenvalue weighted by Gasteiger charge is -2.25. The third-order valence-corrected chi connectivity index (χ3v) is 4.73. The molecule has 1 aliphatic rings. The lowest BCUT2D eigenvalue weighted by Crippen LogP contribution is -2.30. The number of rotatable bonds is 5. The van der Waals surface area contributed by atoms with E-state index in [1.165, 1.54) is 55.2 Å². The molecule has 2 atom stereocenters. The van der Waals surface area contributed by atoms with E-state index in [4.69, 9.17) is 4.74 Å². The van der Waals surface area contributed by atoms with Gasteiger partial charge >= 0.3 is 0 Å². The molecule has 2 unspecified atom stereocenters. The van der Waals surface area contributed by atoms with E-state index in [0.29, 0.717) is 12.0 Å². The van der Waals surface area contributed by atoms with E-state index in [1.54, 1.807) is 7.11 Å². The van der Waals surface area contributed by atoms with Crippen molar-refractivity contribution in [2.75, 3.05) is 13.7 Å². The third-order valence-electron chi connectivity index (χ3n) is 4.73. The molecule has 1 fully saturated rings. The predicted octanol–water partition coefficient (Wildman–Crippen LogP) is 4.73. The van der Waals surface area contributed by atoms with Gasteiger partial charge in [0.1, 0.15) is 5.75 Å². The van der Waals surface area contributed by atoms with Crippen LogP contribution in [0.2, 0.25) is 0 Å². The maximum Gasteiger partial charge on any atom is 0.122 e. The molecule has 0 radical (unpaired) electrons.